The van der Waals surface area contributed by atoms with Crippen molar-refractivity contribution in [2.75, 3.05) is 18.0 Å². The first-order valence-electron chi connectivity index (χ1n) is 4.52. The second-order valence-electron chi connectivity index (χ2n) is 3.01. The molecule has 3 N–H and O–H groups in total. The first-order valence-corrected chi connectivity index (χ1v) is 6.29. The fourth-order valence-electron chi connectivity index (χ4n) is 1.04. The molecule has 82 valence electrons. The van der Waals surface area contributed by atoms with Gasteiger partial charge in [-0.25, -0.2) is 0 Å². The summed E-state index contributed by atoms with van der Waals surface area (Å²) in [6, 6.07) is 5.80. The zero-order valence-corrected chi connectivity index (χ0v) is 10.8. The van der Waals surface area contributed by atoms with Crippen molar-refractivity contribution in [3.8, 4) is 0 Å². The number of carbonyl (C=O) groups excluding carboxylic acids is 1. The lowest BCUT2D eigenvalue weighted by Gasteiger charge is -2.06. The standard InChI is InChI=1S/C10H13BrN2OS/c1-7(14)13-4-5-15-10-3-2-8(11)6-9(10)12/h2-3,6H,4-5,12H2,1H3,(H,13,14). The second-order valence-corrected chi connectivity index (χ2v) is 5.07. The third kappa shape index (κ3) is 4.57. The predicted octanol–water partition coefficient (Wildman–Crippen LogP) is 2.26. The van der Waals surface area contributed by atoms with Gasteiger partial charge in [-0.05, 0) is 18.2 Å². The van der Waals surface area contributed by atoms with Gasteiger partial charge in [0.05, 0.1) is 0 Å². The van der Waals surface area contributed by atoms with Crippen molar-refractivity contribution in [3.63, 3.8) is 0 Å². The summed E-state index contributed by atoms with van der Waals surface area (Å²) >= 11 is 4.99. The Hall–Kier alpha value is -0.680. The number of hydrogen-bond acceptors (Lipinski definition) is 3. The van der Waals surface area contributed by atoms with E-state index in [-0.39, 0.29) is 5.91 Å². The van der Waals surface area contributed by atoms with E-state index in [0.717, 1.165) is 20.8 Å². The Labute approximate surface area is 102 Å². The molecule has 0 aliphatic rings. The third-order valence-electron chi connectivity index (χ3n) is 1.71. The molecule has 0 fully saturated rings. The van der Waals surface area contributed by atoms with Gasteiger partial charge in [0.15, 0.2) is 0 Å². The van der Waals surface area contributed by atoms with Crippen LogP contribution in [0.5, 0.6) is 0 Å². The molecule has 0 aromatic heterocycles. The molecule has 3 nitrogen and oxygen atoms in total. The Morgan fingerprint density at radius 1 is 1.60 bits per heavy atom. The highest BCUT2D eigenvalue weighted by atomic mass is 79.9. The minimum absolute atomic E-state index is 0.000576. The van der Waals surface area contributed by atoms with Crippen LogP contribution < -0.4 is 11.1 Å². The van der Waals surface area contributed by atoms with Gasteiger partial charge >= 0.3 is 0 Å². The van der Waals surface area contributed by atoms with E-state index in [0.29, 0.717) is 6.54 Å². The topological polar surface area (TPSA) is 55.1 Å². The Balaban J connectivity index is 2.40. The molecule has 0 aliphatic carbocycles. The van der Waals surface area contributed by atoms with Crippen molar-refractivity contribution < 1.29 is 4.79 Å². The van der Waals surface area contributed by atoms with Crippen molar-refractivity contribution in [2.24, 2.45) is 0 Å². The molecule has 5 heteroatoms. The fraction of sp³-hybridized carbons (Fsp3) is 0.300. The van der Waals surface area contributed by atoms with Crippen molar-refractivity contribution in [2.45, 2.75) is 11.8 Å². The number of anilines is 1. The van der Waals surface area contributed by atoms with E-state index < -0.39 is 0 Å². The number of nitrogens with one attached hydrogen (secondary N) is 1. The molecule has 15 heavy (non-hydrogen) atoms. The molecule has 0 bridgehead atoms. The lowest BCUT2D eigenvalue weighted by Crippen LogP contribution is -2.22. The van der Waals surface area contributed by atoms with Crippen LogP contribution in [0.25, 0.3) is 0 Å². The molecule has 0 atom stereocenters. The molecule has 0 aliphatic heterocycles. The van der Waals surface area contributed by atoms with Crippen LogP contribution in [0, 0.1) is 0 Å². The van der Waals surface area contributed by atoms with Crippen LogP contribution >= 0.6 is 27.7 Å². The number of amides is 1. The molecule has 1 aromatic carbocycles. The van der Waals surface area contributed by atoms with Crippen LogP contribution in [0.1, 0.15) is 6.92 Å². The van der Waals surface area contributed by atoms with Crippen LogP contribution in [0.3, 0.4) is 0 Å². The number of thioether (sulfide) groups is 1. The lowest BCUT2D eigenvalue weighted by molar-refractivity contribution is -0.118. The van der Waals surface area contributed by atoms with E-state index in [1.165, 1.54) is 6.92 Å². The Kier molecular flexibility index (Phi) is 4.98. The SMILES string of the molecule is CC(=O)NCCSc1ccc(Br)cc1N. The van der Waals surface area contributed by atoms with Gasteiger partial charge in [0.2, 0.25) is 5.91 Å². The van der Waals surface area contributed by atoms with E-state index in [1.54, 1.807) is 11.8 Å². The highest BCUT2D eigenvalue weighted by molar-refractivity contribution is 9.10. The number of rotatable bonds is 4. The number of nitrogen functional groups attached to an aromatic ring is 1. The summed E-state index contributed by atoms with van der Waals surface area (Å²) in [5.41, 5.74) is 6.59. The van der Waals surface area contributed by atoms with Crippen LogP contribution in [0.2, 0.25) is 0 Å². The minimum atomic E-state index is -0.000576. The maximum Gasteiger partial charge on any atom is 0.216 e. The maximum atomic E-state index is 10.6. The Morgan fingerprint density at radius 3 is 2.93 bits per heavy atom. The first kappa shape index (κ1) is 12.4. The van der Waals surface area contributed by atoms with Crippen molar-refractivity contribution in [3.05, 3.63) is 22.7 Å². The van der Waals surface area contributed by atoms with Gasteiger partial charge in [0, 0.05) is 34.3 Å². The molecule has 0 unspecified atom stereocenters. The maximum absolute atomic E-state index is 10.6. The Morgan fingerprint density at radius 2 is 2.33 bits per heavy atom. The van der Waals surface area contributed by atoms with Crippen molar-refractivity contribution in [1.29, 1.82) is 0 Å². The second kappa shape index (κ2) is 6.02. The zero-order valence-electron chi connectivity index (χ0n) is 8.42. The van der Waals surface area contributed by atoms with Gasteiger partial charge < -0.3 is 11.1 Å². The summed E-state index contributed by atoms with van der Waals surface area (Å²) in [7, 11) is 0. The minimum Gasteiger partial charge on any atom is -0.398 e. The van der Waals surface area contributed by atoms with Gasteiger partial charge in [-0.1, -0.05) is 15.9 Å². The highest BCUT2D eigenvalue weighted by Gasteiger charge is 2.00. The van der Waals surface area contributed by atoms with E-state index in [2.05, 4.69) is 21.2 Å². The average Bonchev–Trinajstić information content (AvgIpc) is 2.14. The van der Waals surface area contributed by atoms with Crippen molar-refractivity contribution in [1.82, 2.24) is 5.32 Å². The summed E-state index contributed by atoms with van der Waals surface area (Å²) in [5, 5.41) is 2.74. The quantitative estimate of drug-likeness (QED) is 0.508. The molecule has 1 amide bonds. The summed E-state index contributed by atoms with van der Waals surface area (Å²) in [6.45, 7) is 2.17. The number of hydrogen-bond donors (Lipinski definition) is 2. The largest absolute Gasteiger partial charge is 0.398 e. The average molecular weight is 289 g/mol. The molecule has 1 rings (SSSR count). The molecule has 0 heterocycles. The van der Waals surface area contributed by atoms with Gasteiger partial charge in [-0.2, -0.15) is 0 Å². The van der Waals surface area contributed by atoms with E-state index in [4.69, 9.17) is 5.73 Å². The molecule has 0 radical (unpaired) electrons. The van der Waals surface area contributed by atoms with Crippen LogP contribution in [-0.2, 0) is 4.79 Å². The summed E-state index contributed by atoms with van der Waals surface area (Å²) < 4.78 is 0.978. The summed E-state index contributed by atoms with van der Waals surface area (Å²) in [6.07, 6.45) is 0. The zero-order chi connectivity index (χ0) is 11.3. The molecule has 0 spiro atoms. The van der Waals surface area contributed by atoms with Crippen molar-refractivity contribution >= 4 is 39.3 Å². The van der Waals surface area contributed by atoms with Gasteiger partial charge in [0.1, 0.15) is 0 Å². The third-order valence-corrected chi connectivity index (χ3v) is 3.29. The van der Waals surface area contributed by atoms with Gasteiger partial charge in [0.25, 0.3) is 0 Å². The normalized spacial score (nSPS) is 10.0. The molecule has 0 saturated carbocycles. The van der Waals surface area contributed by atoms with E-state index >= 15 is 0 Å². The summed E-state index contributed by atoms with van der Waals surface area (Å²) in [5.74, 6) is 0.824. The number of halogens is 1. The molecular weight excluding hydrogens is 276 g/mol. The van der Waals surface area contributed by atoms with E-state index in [1.807, 2.05) is 18.2 Å². The molecular formula is C10H13BrN2OS. The fourth-order valence-corrected chi connectivity index (χ4v) is 2.23. The monoisotopic (exact) mass is 288 g/mol. The van der Waals surface area contributed by atoms with Gasteiger partial charge in [-0.15, -0.1) is 11.8 Å². The predicted molar refractivity (Wildman–Crippen MR) is 68.0 cm³/mol. The molecule has 1 aromatic rings. The molecule has 0 saturated heterocycles. The number of nitrogens with two attached hydrogens (primary N) is 1. The van der Waals surface area contributed by atoms with E-state index in [9.17, 15) is 4.79 Å². The van der Waals surface area contributed by atoms with Crippen LogP contribution in [0.15, 0.2) is 27.6 Å². The summed E-state index contributed by atoms with van der Waals surface area (Å²) in [4.78, 5) is 11.7. The highest BCUT2D eigenvalue weighted by Crippen LogP contribution is 2.27. The first-order chi connectivity index (χ1) is 7.09. The van der Waals surface area contributed by atoms with Crippen LogP contribution in [0.4, 0.5) is 5.69 Å². The van der Waals surface area contributed by atoms with Gasteiger partial charge in [-0.3, -0.25) is 4.79 Å². The number of carbonyl (C=O) groups is 1. The Bertz CT molecular complexity index is 357. The smallest absolute Gasteiger partial charge is 0.216 e. The number of benzene rings is 1. The van der Waals surface area contributed by atoms with Crippen LogP contribution in [-0.4, -0.2) is 18.2 Å². The lowest BCUT2D eigenvalue weighted by atomic mass is 10.3.